The molecule has 2 amide bonds. The summed E-state index contributed by atoms with van der Waals surface area (Å²) in [5.74, 6) is -0.412. The van der Waals surface area contributed by atoms with E-state index in [0.29, 0.717) is 28.5 Å². The van der Waals surface area contributed by atoms with Crippen molar-refractivity contribution in [3.8, 4) is 10.7 Å². The second kappa shape index (κ2) is 13.4. The molecule has 0 aliphatic rings. The molecule has 0 saturated heterocycles. The second-order valence-corrected chi connectivity index (χ2v) is 9.97. The van der Waals surface area contributed by atoms with Gasteiger partial charge in [-0.25, -0.2) is 18.2 Å². The minimum Gasteiger partial charge on any atom is -0.453 e. The third kappa shape index (κ3) is 8.06. The summed E-state index contributed by atoms with van der Waals surface area (Å²) in [5.41, 5.74) is 3.34. The number of thiol groups is 1. The molecule has 13 heteroatoms. The van der Waals surface area contributed by atoms with Gasteiger partial charge < -0.3 is 15.4 Å². The van der Waals surface area contributed by atoms with Crippen molar-refractivity contribution in [3.05, 3.63) is 95.4 Å². The molecule has 2 aromatic carbocycles. The predicted octanol–water partition coefficient (Wildman–Crippen LogP) is 2.91. The van der Waals surface area contributed by atoms with Crippen LogP contribution in [0.2, 0.25) is 0 Å². The molecule has 11 nitrogen and oxygen atoms in total. The molecule has 2 aromatic heterocycles. The number of alkyl carbamates (subject to hydrolysis) is 1. The molecule has 2 atom stereocenters. The fraction of sp³-hybridized carbons (Fsp3) is 0.192. The average Bonchev–Trinajstić information content (AvgIpc) is 3.44. The SMILES string of the molecule is COC(=O)N[C@@H](Cc1ccccc1)C(=O)N[C@@H](Cc1ccc(N[SH](=O)=O)cc1)c1csc(-c2cnccn2)n1. The third-order valence-electron chi connectivity index (χ3n) is 5.67. The number of anilines is 1. The van der Waals surface area contributed by atoms with Crippen molar-refractivity contribution < 1.29 is 22.7 Å². The Kier molecular flexibility index (Phi) is 9.53. The van der Waals surface area contributed by atoms with E-state index in [9.17, 15) is 18.0 Å². The first-order valence-corrected chi connectivity index (χ1v) is 13.9. The maximum absolute atomic E-state index is 13.5. The quantitative estimate of drug-likeness (QED) is 0.202. The van der Waals surface area contributed by atoms with E-state index < -0.39 is 35.0 Å². The molecule has 2 heterocycles. The number of ether oxygens (including phenoxy) is 1. The monoisotopic (exact) mass is 566 g/mol. The van der Waals surface area contributed by atoms with E-state index in [0.717, 1.165) is 11.1 Å². The number of amides is 2. The minimum absolute atomic E-state index is 0.254. The van der Waals surface area contributed by atoms with Gasteiger partial charge in [-0.05, 0) is 29.7 Å². The number of carbonyl (C=O) groups excluding carboxylic acids is 2. The highest BCUT2D eigenvalue weighted by molar-refractivity contribution is 7.73. The Morgan fingerprint density at radius 3 is 2.38 bits per heavy atom. The lowest BCUT2D eigenvalue weighted by Gasteiger charge is -2.23. The van der Waals surface area contributed by atoms with Crippen LogP contribution in [0.5, 0.6) is 0 Å². The highest BCUT2D eigenvalue weighted by Gasteiger charge is 2.26. The zero-order valence-electron chi connectivity index (χ0n) is 20.8. The van der Waals surface area contributed by atoms with Crippen molar-refractivity contribution in [2.75, 3.05) is 11.8 Å². The maximum atomic E-state index is 13.5. The van der Waals surface area contributed by atoms with Gasteiger partial charge in [0.25, 0.3) is 0 Å². The molecule has 0 spiro atoms. The molecule has 0 aliphatic carbocycles. The van der Waals surface area contributed by atoms with Gasteiger partial charge in [0.15, 0.2) is 0 Å². The summed E-state index contributed by atoms with van der Waals surface area (Å²) in [6.45, 7) is 0. The number of hydrogen-bond donors (Lipinski definition) is 4. The number of hydrogen-bond acceptors (Lipinski definition) is 9. The van der Waals surface area contributed by atoms with Gasteiger partial charge in [-0.3, -0.25) is 19.5 Å². The Bertz CT molecular complexity index is 1460. The van der Waals surface area contributed by atoms with E-state index in [2.05, 4.69) is 25.3 Å². The molecule has 0 radical (unpaired) electrons. The summed E-state index contributed by atoms with van der Waals surface area (Å²) in [6.07, 6.45) is 4.65. The zero-order valence-corrected chi connectivity index (χ0v) is 22.5. The van der Waals surface area contributed by atoms with Crippen LogP contribution in [-0.4, -0.2) is 48.5 Å². The first-order valence-electron chi connectivity index (χ1n) is 11.8. The lowest BCUT2D eigenvalue weighted by Crippen LogP contribution is -2.49. The number of methoxy groups -OCH3 is 1. The summed E-state index contributed by atoms with van der Waals surface area (Å²) in [7, 11) is -1.54. The summed E-state index contributed by atoms with van der Waals surface area (Å²) in [4.78, 5) is 38.7. The predicted molar refractivity (Wildman–Crippen MR) is 148 cm³/mol. The molecule has 39 heavy (non-hydrogen) atoms. The van der Waals surface area contributed by atoms with E-state index in [1.165, 1.54) is 18.4 Å². The Morgan fingerprint density at radius 2 is 1.72 bits per heavy atom. The molecular formula is C26H26N6O5S2. The molecule has 4 aromatic rings. The molecule has 0 fully saturated rings. The van der Waals surface area contributed by atoms with Crippen LogP contribution in [-0.2, 0) is 33.3 Å². The van der Waals surface area contributed by atoms with Crippen molar-refractivity contribution in [2.45, 2.75) is 24.9 Å². The maximum Gasteiger partial charge on any atom is 0.407 e. The fourth-order valence-electron chi connectivity index (χ4n) is 3.79. The van der Waals surface area contributed by atoms with Crippen LogP contribution >= 0.6 is 11.3 Å². The number of nitrogens with zero attached hydrogens (tertiary/aromatic N) is 3. The number of benzene rings is 2. The van der Waals surface area contributed by atoms with E-state index in [1.54, 1.807) is 42.9 Å². The van der Waals surface area contributed by atoms with Gasteiger partial charge in [-0.15, -0.1) is 11.3 Å². The van der Waals surface area contributed by atoms with Gasteiger partial charge in [-0.2, -0.15) is 0 Å². The summed E-state index contributed by atoms with van der Waals surface area (Å²) in [6, 6.07) is 14.7. The van der Waals surface area contributed by atoms with Crippen LogP contribution in [0.3, 0.4) is 0 Å². The van der Waals surface area contributed by atoms with E-state index in [1.807, 2.05) is 35.7 Å². The smallest absolute Gasteiger partial charge is 0.407 e. The van der Waals surface area contributed by atoms with Crippen molar-refractivity contribution in [3.63, 3.8) is 0 Å². The van der Waals surface area contributed by atoms with Crippen LogP contribution in [0.1, 0.15) is 22.9 Å². The first-order chi connectivity index (χ1) is 18.9. The Morgan fingerprint density at radius 1 is 0.974 bits per heavy atom. The largest absolute Gasteiger partial charge is 0.453 e. The molecule has 0 saturated carbocycles. The molecule has 0 unspecified atom stereocenters. The van der Waals surface area contributed by atoms with Gasteiger partial charge in [-0.1, -0.05) is 42.5 Å². The number of aromatic nitrogens is 3. The van der Waals surface area contributed by atoms with Crippen molar-refractivity contribution in [1.82, 2.24) is 25.6 Å². The van der Waals surface area contributed by atoms with E-state index in [-0.39, 0.29) is 6.42 Å². The van der Waals surface area contributed by atoms with E-state index in [4.69, 9.17) is 9.72 Å². The van der Waals surface area contributed by atoms with Gasteiger partial charge in [0.1, 0.15) is 16.7 Å². The number of nitrogens with one attached hydrogen (secondary N) is 3. The molecule has 0 bridgehead atoms. The fourth-order valence-corrected chi connectivity index (χ4v) is 4.99. The van der Waals surface area contributed by atoms with Crippen molar-refractivity contribution in [2.24, 2.45) is 0 Å². The Balaban J connectivity index is 1.60. The zero-order chi connectivity index (χ0) is 27.6. The van der Waals surface area contributed by atoms with Crippen LogP contribution in [0, 0.1) is 0 Å². The Labute approximate surface area is 230 Å². The number of carbonyl (C=O) groups is 2. The normalized spacial score (nSPS) is 12.4. The van der Waals surface area contributed by atoms with Crippen molar-refractivity contribution >= 4 is 39.9 Å². The molecule has 202 valence electrons. The first kappa shape index (κ1) is 27.7. The van der Waals surface area contributed by atoms with Crippen LogP contribution in [0.15, 0.2) is 78.6 Å². The topological polar surface area (TPSA) is 152 Å². The van der Waals surface area contributed by atoms with Crippen molar-refractivity contribution in [1.29, 1.82) is 0 Å². The standard InChI is InChI=1S/C26H26N6O5S2/c1-37-26(34)31-21(14-17-5-3-2-4-6-17)24(33)29-20(13-18-7-9-19(10-8-18)32-39(35)36)23-16-38-25(30-23)22-15-27-11-12-28-22/h2-12,15-16,20-21,39H,13-14H2,1H3,(H,29,33)(H,31,34)(H,32,35,36)/t20-,21-/m0/s1. The second-order valence-electron chi connectivity index (χ2n) is 8.38. The van der Waals surface area contributed by atoms with Gasteiger partial charge in [0.05, 0.1) is 25.0 Å². The van der Waals surface area contributed by atoms with E-state index >= 15 is 0 Å². The molecular weight excluding hydrogens is 540 g/mol. The van der Waals surface area contributed by atoms with Gasteiger partial charge >= 0.3 is 6.09 Å². The summed E-state index contributed by atoms with van der Waals surface area (Å²) < 4.78 is 29.0. The third-order valence-corrected chi connectivity index (χ3v) is 6.99. The lowest BCUT2D eigenvalue weighted by atomic mass is 10.0. The van der Waals surface area contributed by atoms with Crippen LogP contribution in [0.4, 0.5) is 10.5 Å². The highest BCUT2D eigenvalue weighted by atomic mass is 32.2. The molecule has 4 rings (SSSR count). The van der Waals surface area contributed by atoms with Gasteiger partial charge in [0, 0.05) is 29.9 Å². The average molecular weight is 567 g/mol. The van der Waals surface area contributed by atoms with Crippen LogP contribution in [0.25, 0.3) is 10.7 Å². The lowest BCUT2D eigenvalue weighted by molar-refractivity contribution is -0.123. The molecule has 3 N–H and O–H groups in total. The highest BCUT2D eigenvalue weighted by Crippen LogP contribution is 2.27. The van der Waals surface area contributed by atoms with Gasteiger partial charge in [0.2, 0.25) is 16.8 Å². The van der Waals surface area contributed by atoms with Crippen LogP contribution < -0.4 is 15.4 Å². The minimum atomic E-state index is -2.78. The molecule has 0 aliphatic heterocycles. The number of thiazole rings is 1. The number of rotatable bonds is 11. The summed E-state index contributed by atoms with van der Waals surface area (Å²) >= 11 is 1.37. The Hall–Kier alpha value is -4.36. The summed E-state index contributed by atoms with van der Waals surface area (Å²) in [5, 5.41) is 8.13.